The summed E-state index contributed by atoms with van der Waals surface area (Å²) < 4.78 is 29.6. The van der Waals surface area contributed by atoms with Gasteiger partial charge >= 0.3 is 0 Å². The summed E-state index contributed by atoms with van der Waals surface area (Å²) in [6, 6.07) is 0. The fraction of sp³-hybridized carbons (Fsp3) is 1.00. The first-order chi connectivity index (χ1) is 5.12. The number of nitrogens with one attached hydrogen (secondary N) is 1. The van der Waals surface area contributed by atoms with Gasteiger partial charge in [-0.1, -0.05) is 6.92 Å². The fourth-order valence-electron chi connectivity index (χ4n) is 0.570. The van der Waals surface area contributed by atoms with Gasteiger partial charge < -0.3 is 10.1 Å². The van der Waals surface area contributed by atoms with Crippen molar-refractivity contribution in [2.24, 2.45) is 0 Å². The second-order valence-electron chi connectivity index (χ2n) is 2.38. The highest BCUT2D eigenvalue weighted by atomic mass is 19.3. The summed E-state index contributed by atoms with van der Waals surface area (Å²) in [5.41, 5.74) is 0. The van der Waals surface area contributed by atoms with E-state index in [0.717, 1.165) is 0 Å². The summed E-state index contributed by atoms with van der Waals surface area (Å²) in [5, 5.41) is 2.60. The molecular weight excluding hydrogens is 152 g/mol. The van der Waals surface area contributed by atoms with Gasteiger partial charge in [0.05, 0.1) is 13.2 Å². The van der Waals surface area contributed by atoms with E-state index in [1.165, 1.54) is 6.92 Å². The Kier molecular flexibility index (Phi) is 5.32. The molecule has 2 nitrogen and oxygen atoms in total. The van der Waals surface area contributed by atoms with Gasteiger partial charge in [0.15, 0.2) is 0 Å². The van der Waals surface area contributed by atoms with Crippen LogP contribution in [0.1, 0.15) is 13.3 Å². The van der Waals surface area contributed by atoms with Crippen LogP contribution < -0.4 is 5.32 Å². The standard InChI is InChI=1S/C7H15F2NO/c1-3-7(8,9)6-10-4-5-11-2/h10H,3-6H2,1-2H3. The number of rotatable bonds is 6. The summed E-state index contributed by atoms with van der Waals surface area (Å²) in [7, 11) is 1.54. The van der Waals surface area contributed by atoms with Gasteiger partial charge in [-0.2, -0.15) is 0 Å². The minimum Gasteiger partial charge on any atom is -0.383 e. The van der Waals surface area contributed by atoms with Gasteiger partial charge in [-0.05, 0) is 0 Å². The zero-order valence-corrected chi connectivity index (χ0v) is 6.99. The molecule has 0 amide bonds. The average Bonchev–Trinajstić information content (AvgIpc) is 1.99. The predicted octanol–water partition coefficient (Wildman–Crippen LogP) is 1.27. The molecule has 0 aromatic carbocycles. The Bertz CT molecular complexity index is 98.4. The molecule has 11 heavy (non-hydrogen) atoms. The Hall–Kier alpha value is -0.220. The maximum absolute atomic E-state index is 12.5. The van der Waals surface area contributed by atoms with Gasteiger partial charge in [-0.3, -0.25) is 0 Å². The van der Waals surface area contributed by atoms with E-state index in [0.29, 0.717) is 13.2 Å². The van der Waals surface area contributed by atoms with E-state index < -0.39 is 5.92 Å². The number of hydrogen-bond acceptors (Lipinski definition) is 2. The molecule has 0 heterocycles. The zero-order chi connectivity index (χ0) is 8.74. The molecule has 0 saturated heterocycles. The van der Waals surface area contributed by atoms with Crippen molar-refractivity contribution in [2.75, 3.05) is 26.8 Å². The van der Waals surface area contributed by atoms with Gasteiger partial charge in [0.1, 0.15) is 0 Å². The first-order valence-corrected chi connectivity index (χ1v) is 3.70. The monoisotopic (exact) mass is 167 g/mol. The molecule has 0 aliphatic rings. The summed E-state index contributed by atoms with van der Waals surface area (Å²) in [5.74, 6) is -2.58. The van der Waals surface area contributed by atoms with E-state index in [1.54, 1.807) is 7.11 Å². The van der Waals surface area contributed by atoms with Crippen molar-refractivity contribution >= 4 is 0 Å². The minimum atomic E-state index is -2.58. The first-order valence-electron chi connectivity index (χ1n) is 3.70. The highest BCUT2D eigenvalue weighted by molar-refractivity contribution is 4.66. The number of halogens is 2. The predicted molar refractivity (Wildman–Crippen MR) is 40.0 cm³/mol. The molecule has 1 N–H and O–H groups in total. The van der Waals surface area contributed by atoms with E-state index >= 15 is 0 Å². The van der Waals surface area contributed by atoms with Crippen LogP contribution in [0.2, 0.25) is 0 Å². The van der Waals surface area contributed by atoms with E-state index in [9.17, 15) is 8.78 Å². The third-order valence-corrected chi connectivity index (χ3v) is 1.38. The lowest BCUT2D eigenvalue weighted by Gasteiger charge is -2.13. The molecule has 0 aromatic heterocycles. The lowest BCUT2D eigenvalue weighted by Crippen LogP contribution is -2.33. The molecule has 0 atom stereocenters. The largest absolute Gasteiger partial charge is 0.383 e. The summed E-state index contributed by atoms with van der Waals surface area (Å²) in [6.45, 7) is 2.16. The molecule has 0 bridgehead atoms. The quantitative estimate of drug-likeness (QED) is 0.601. The summed E-state index contributed by atoms with van der Waals surface area (Å²) >= 11 is 0. The van der Waals surface area contributed by atoms with Gasteiger partial charge in [-0.15, -0.1) is 0 Å². The van der Waals surface area contributed by atoms with Crippen molar-refractivity contribution in [3.8, 4) is 0 Å². The van der Waals surface area contributed by atoms with Gasteiger partial charge in [0, 0.05) is 20.1 Å². The van der Waals surface area contributed by atoms with E-state index in [1.807, 2.05) is 0 Å². The van der Waals surface area contributed by atoms with Gasteiger partial charge in [0.2, 0.25) is 0 Å². The highest BCUT2D eigenvalue weighted by Crippen LogP contribution is 2.15. The van der Waals surface area contributed by atoms with Gasteiger partial charge in [0.25, 0.3) is 5.92 Å². The van der Waals surface area contributed by atoms with Crippen LogP contribution in [0, 0.1) is 0 Å². The Morgan fingerprint density at radius 2 is 2.09 bits per heavy atom. The van der Waals surface area contributed by atoms with Crippen molar-refractivity contribution in [1.82, 2.24) is 5.32 Å². The smallest absolute Gasteiger partial charge is 0.260 e. The second-order valence-corrected chi connectivity index (χ2v) is 2.38. The average molecular weight is 167 g/mol. The van der Waals surface area contributed by atoms with Crippen molar-refractivity contribution < 1.29 is 13.5 Å². The molecule has 0 fully saturated rings. The molecule has 0 rings (SSSR count). The normalized spacial score (nSPS) is 12.0. The minimum absolute atomic E-state index is 0.118. The lowest BCUT2D eigenvalue weighted by atomic mass is 10.2. The molecule has 0 aliphatic heterocycles. The number of hydrogen-bond donors (Lipinski definition) is 1. The number of methoxy groups -OCH3 is 1. The van der Waals surface area contributed by atoms with Gasteiger partial charge in [-0.25, -0.2) is 8.78 Å². The van der Waals surface area contributed by atoms with Crippen molar-refractivity contribution in [3.63, 3.8) is 0 Å². The van der Waals surface area contributed by atoms with Crippen LogP contribution in [0.25, 0.3) is 0 Å². The highest BCUT2D eigenvalue weighted by Gasteiger charge is 2.24. The fourth-order valence-corrected chi connectivity index (χ4v) is 0.570. The topological polar surface area (TPSA) is 21.3 Å². The molecule has 0 aliphatic carbocycles. The third kappa shape index (κ3) is 6.19. The Morgan fingerprint density at radius 3 is 2.55 bits per heavy atom. The Balaban J connectivity index is 3.23. The maximum Gasteiger partial charge on any atom is 0.260 e. The van der Waals surface area contributed by atoms with Crippen molar-refractivity contribution in [1.29, 1.82) is 0 Å². The van der Waals surface area contributed by atoms with E-state index in [-0.39, 0.29) is 13.0 Å². The summed E-state index contributed by atoms with van der Waals surface area (Å²) in [6.07, 6.45) is -0.118. The van der Waals surface area contributed by atoms with E-state index in [4.69, 9.17) is 0 Å². The van der Waals surface area contributed by atoms with Crippen LogP contribution in [0.5, 0.6) is 0 Å². The molecule has 0 unspecified atom stereocenters. The van der Waals surface area contributed by atoms with Crippen molar-refractivity contribution in [2.45, 2.75) is 19.3 Å². The molecular formula is C7H15F2NO. The molecule has 68 valence electrons. The van der Waals surface area contributed by atoms with Crippen LogP contribution in [0.15, 0.2) is 0 Å². The van der Waals surface area contributed by atoms with Crippen LogP contribution >= 0.6 is 0 Å². The molecule has 0 aromatic rings. The SMILES string of the molecule is CCC(F)(F)CNCCOC. The molecule has 4 heteroatoms. The van der Waals surface area contributed by atoms with E-state index in [2.05, 4.69) is 10.1 Å². The van der Waals surface area contributed by atoms with Crippen LogP contribution in [0.3, 0.4) is 0 Å². The number of alkyl halides is 2. The van der Waals surface area contributed by atoms with Crippen LogP contribution in [0.4, 0.5) is 8.78 Å². The van der Waals surface area contributed by atoms with Crippen LogP contribution in [-0.4, -0.2) is 32.7 Å². The van der Waals surface area contributed by atoms with Crippen molar-refractivity contribution in [3.05, 3.63) is 0 Å². The maximum atomic E-state index is 12.5. The molecule has 0 spiro atoms. The third-order valence-electron chi connectivity index (χ3n) is 1.38. The molecule has 0 saturated carbocycles. The lowest BCUT2D eigenvalue weighted by molar-refractivity contribution is -0.00256. The number of ether oxygens (including phenoxy) is 1. The Labute approximate surface area is 65.9 Å². The Morgan fingerprint density at radius 1 is 1.45 bits per heavy atom. The molecule has 0 radical (unpaired) electrons. The first kappa shape index (κ1) is 10.8. The second kappa shape index (κ2) is 5.43. The van der Waals surface area contributed by atoms with Crippen LogP contribution in [-0.2, 0) is 4.74 Å². The summed E-state index contributed by atoms with van der Waals surface area (Å²) in [4.78, 5) is 0. The zero-order valence-electron chi connectivity index (χ0n) is 6.99.